The molecule has 12 heavy (non-hydrogen) atoms. The Balaban J connectivity index is 3.83. The van der Waals surface area contributed by atoms with Crippen LogP contribution in [-0.2, 0) is 0 Å². The van der Waals surface area contributed by atoms with E-state index in [2.05, 4.69) is 0 Å². The number of hydrogen-bond donors (Lipinski definition) is 0. The fourth-order valence-corrected chi connectivity index (χ4v) is 1.43. The molecule has 1 unspecified atom stereocenters. The Morgan fingerprint density at radius 3 is 2.00 bits per heavy atom. The highest BCUT2D eigenvalue weighted by molar-refractivity contribution is 6.18. The van der Waals surface area contributed by atoms with Crippen molar-refractivity contribution in [3.63, 3.8) is 0 Å². The van der Waals surface area contributed by atoms with Crippen molar-refractivity contribution >= 4 is 11.6 Å². The zero-order valence-corrected chi connectivity index (χ0v) is 8.04. The molecule has 0 nitrogen and oxygen atoms in total. The minimum absolute atomic E-state index is 0.0949. The summed E-state index contributed by atoms with van der Waals surface area (Å²) in [5.74, 6) is -0.0553. The van der Waals surface area contributed by atoms with Crippen LogP contribution in [0.1, 0.15) is 26.7 Å². The lowest BCUT2D eigenvalue weighted by Crippen LogP contribution is -2.17. The average Bonchev–Trinajstić information content (AvgIpc) is 1.82. The molecule has 0 aliphatic rings. The van der Waals surface area contributed by atoms with Crippen LogP contribution in [0.5, 0.6) is 0 Å². The van der Waals surface area contributed by atoms with Crippen molar-refractivity contribution in [1.82, 2.24) is 0 Å². The van der Waals surface area contributed by atoms with Crippen LogP contribution in [0.4, 0.5) is 13.2 Å². The van der Waals surface area contributed by atoms with Crippen LogP contribution in [0, 0.1) is 11.8 Å². The lowest BCUT2D eigenvalue weighted by atomic mass is 9.96. The quantitative estimate of drug-likeness (QED) is 0.608. The van der Waals surface area contributed by atoms with E-state index in [-0.39, 0.29) is 11.8 Å². The Bertz CT molecular complexity index is 120. The third-order valence-corrected chi connectivity index (χ3v) is 1.98. The Kier molecular flexibility index (Phi) is 4.98. The van der Waals surface area contributed by atoms with Gasteiger partial charge in [-0.05, 0) is 18.3 Å². The largest absolute Gasteiger partial charge is 0.389 e. The SMILES string of the molecule is CC(C)CC(CCl)CC(F)(F)F. The molecule has 0 N–H and O–H groups in total. The molecule has 0 saturated carbocycles. The first kappa shape index (κ1) is 12.1. The summed E-state index contributed by atoms with van der Waals surface area (Å²) in [6, 6.07) is 0. The van der Waals surface area contributed by atoms with Gasteiger partial charge in [-0.15, -0.1) is 11.6 Å². The lowest BCUT2D eigenvalue weighted by molar-refractivity contribution is -0.143. The topological polar surface area (TPSA) is 0 Å². The fourth-order valence-electron chi connectivity index (χ4n) is 1.19. The molecular weight excluding hydrogens is 189 g/mol. The molecule has 1 atom stereocenters. The van der Waals surface area contributed by atoms with Gasteiger partial charge in [0.1, 0.15) is 0 Å². The second-order valence-corrected chi connectivity index (χ2v) is 3.78. The van der Waals surface area contributed by atoms with Crippen molar-refractivity contribution < 1.29 is 13.2 Å². The van der Waals surface area contributed by atoms with Crippen molar-refractivity contribution in [1.29, 1.82) is 0 Å². The minimum Gasteiger partial charge on any atom is -0.171 e. The van der Waals surface area contributed by atoms with Gasteiger partial charge in [0.15, 0.2) is 0 Å². The highest BCUT2D eigenvalue weighted by Crippen LogP contribution is 2.28. The van der Waals surface area contributed by atoms with Crippen molar-refractivity contribution in [2.24, 2.45) is 11.8 Å². The molecule has 0 saturated heterocycles. The van der Waals surface area contributed by atoms with Crippen molar-refractivity contribution in [2.45, 2.75) is 32.9 Å². The Morgan fingerprint density at radius 1 is 1.25 bits per heavy atom. The minimum atomic E-state index is -4.07. The van der Waals surface area contributed by atoms with Crippen molar-refractivity contribution in [3.05, 3.63) is 0 Å². The van der Waals surface area contributed by atoms with E-state index in [1.165, 1.54) is 0 Å². The van der Waals surface area contributed by atoms with E-state index in [0.717, 1.165) is 0 Å². The number of alkyl halides is 4. The van der Waals surface area contributed by atoms with Crippen LogP contribution in [0.15, 0.2) is 0 Å². The summed E-state index contributed by atoms with van der Waals surface area (Å²) in [4.78, 5) is 0. The maximum atomic E-state index is 11.9. The van der Waals surface area contributed by atoms with Gasteiger partial charge in [0.2, 0.25) is 0 Å². The van der Waals surface area contributed by atoms with E-state index in [1.807, 2.05) is 13.8 Å². The predicted molar refractivity (Wildman–Crippen MR) is 44.3 cm³/mol. The van der Waals surface area contributed by atoms with E-state index in [0.29, 0.717) is 6.42 Å². The van der Waals surface area contributed by atoms with Gasteiger partial charge in [-0.1, -0.05) is 13.8 Å². The number of halogens is 4. The molecule has 0 spiro atoms. The van der Waals surface area contributed by atoms with Crippen LogP contribution >= 0.6 is 11.6 Å². The van der Waals surface area contributed by atoms with Crippen LogP contribution in [0.3, 0.4) is 0 Å². The summed E-state index contributed by atoms with van der Waals surface area (Å²) in [6.07, 6.45) is -4.29. The van der Waals surface area contributed by atoms with Crippen LogP contribution in [0.25, 0.3) is 0 Å². The molecule has 0 radical (unpaired) electrons. The van der Waals surface area contributed by atoms with Crippen molar-refractivity contribution in [3.8, 4) is 0 Å². The van der Waals surface area contributed by atoms with Gasteiger partial charge in [-0.2, -0.15) is 13.2 Å². The number of hydrogen-bond acceptors (Lipinski definition) is 0. The maximum absolute atomic E-state index is 11.9. The highest BCUT2D eigenvalue weighted by Gasteiger charge is 2.31. The predicted octanol–water partition coefficient (Wildman–Crippen LogP) is 3.84. The van der Waals surface area contributed by atoms with Crippen molar-refractivity contribution in [2.75, 3.05) is 5.88 Å². The third-order valence-electron chi connectivity index (χ3n) is 1.54. The van der Waals surface area contributed by atoms with E-state index in [4.69, 9.17) is 11.6 Å². The van der Waals surface area contributed by atoms with Gasteiger partial charge in [-0.25, -0.2) is 0 Å². The molecule has 0 rings (SSSR count). The van der Waals surface area contributed by atoms with Gasteiger partial charge in [0, 0.05) is 12.3 Å². The molecule has 74 valence electrons. The summed E-state index contributed by atoms with van der Waals surface area (Å²) >= 11 is 5.42. The van der Waals surface area contributed by atoms with Gasteiger partial charge in [0.05, 0.1) is 0 Å². The van der Waals surface area contributed by atoms with Crippen LogP contribution in [-0.4, -0.2) is 12.1 Å². The van der Waals surface area contributed by atoms with Gasteiger partial charge >= 0.3 is 6.18 Å². The molecule has 0 heterocycles. The summed E-state index contributed by atoms with van der Waals surface area (Å²) in [5.41, 5.74) is 0. The number of rotatable bonds is 4. The molecule has 0 aromatic carbocycles. The highest BCUT2D eigenvalue weighted by atomic mass is 35.5. The molecule has 0 amide bonds. The molecule has 0 fully saturated rings. The first-order valence-electron chi connectivity index (χ1n) is 3.98. The third kappa shape index (κ3) is 6.77. The normalized spacial score (nSPS) is 15.2. The molecule has 0 aliphatic carbocycles. The summed E-state index contributed by atoms with van der Waals surface area (Å²) < 4.78 is 35.7. The molecule has 0 aromatic heterocycles. The van der Waals surface area contributed by atoms with E-state index >= 15 is 0 Å². The maximum Gasteiger partial charge on any atom is 0.389 e. The fraction of sp³-hybridized carbons (Fsp3) is 1.00. The molecular formula is C8H14ClF3. The molecule has 0 aliphatic heterocycles. The average molecular weight is 203 g/mol. The Morgan fingerprint density at radius 2 is 1.75 bits per heavy atom. The first-order chi connectivity index (χ1) is 5.35. The molecule has 0 bridgehead atoms. The van der Waals surface area contributed by atoms with Gasteiger partial charge in [0.25, 0.3) is 0 Å². The second kappa shape index (κ2) is 4.95. The zero-order chi connectivity index (χ0) is 9.78. The van der Waals surface area contributed by atoms with Gasteiger partial charge in [-0.3, -0.25) is 0 Å². The standard InChI is InChI=1S/C8H14ClF3/c1-6(2)3-7(5-9)4-8(10,11)12/h6-7H,3-5H2,1-2H3. The second-order valence-electron chi connectivity index (χ2n) is 3.47. The summed E-state index contributed by atoms with van der Waals surface area (Å²) in [7, 11) is 0. The van der Waals surface area contributed by atoms with Gasteiger partial charge < -0.3 is 0 Å². The van der Waals surface area contributed by atoms with E-state index in [9.17, 15) is 13.2 Å². The smallest absolute Gasteiger partial charge is 0.171 e. The van der Waals surface area contributed by atoms with E-state index < -0.39 is 18.5 Å². The summed E-state index contributed by atoms with van der Waals surface area (Å²) in [6.45, 7) is 3.80. The first-order valence-corrected chi connectivity index (χ1v) is 4.51. The van der Waals surface area contributed by atoms with Crippen LogP contribution in [0.2, 0.25) is 0 Å². The van der Waals surface area contributed by atoms with Crippen LogP contribution < -0.4 is 0 Å². The molecule has 0 aromatic rings. The zero-order valence-electron chi connectivity index (χ0n) is 7.29. The monoisotopic (exact) mass is 202 g/mol. The molecule has 4 heteroatoms. The Labute approximate surface area is 76.1 Å². The Hall–Kier alpha value is 0.0800. The lowest BCUT2D eigenvalue weighted by Gasteiger charge is -2.17. The van der Waals surface area contributed by atoms with E-state index in [1.54, 1.807) is 0 Å². The summed E-state index contributed by atoms with van der Waals surface area (Å²) in [5, 5.41) is 0.